The third-order valence-corrected chi connectivity index (χ3v) is 6.42. The number of hydrogen-bond acceptors (Lipinski definition) is 4. The number of hydrogen-bond donors (Lipinski definition) is 0. The van der Waals surface area contributed by atoms with E-state index in [-0.39, 0.29) is 0 Å². The molecule has 1 saturated heterocycles. The first-order valence-corrected chi connectivity index (χ1v) is 9.75. The molecular weight excluding hydrogens is 412 g/mol. The van der Waals surface area contributed by atoms with Gasteiger partial charge >= 0.3 is 7.12 Å². The minimum absolute atomic E-state index is 0.448. The molecule has 1 fully saturated rings. The topological polar surface area (TPSA) is 30.8 Å². The van der Waals surface area contributed by atoms with Gasteiger partial charge in [-0.05, 0) is 40.2 Å². The Morgan fingerprint density at radius 2 is 1.41 bits per heavy atom. The molecule has 0 aliphatic carbocycles. The number of nitrogens with zero attached hydrogens (tertiary/aromatic N) is 1. The van der Waals surface area contributed by atoms with Crippen LogP contribution in [0.4, 0.5) is 27.6 Å². The standard InChI is InChI=1S/C19H19BF5NO2S/c1-6-9-7-10(20-27-18(2,3)19(4,5)28-20)11(29-9)8-26-17-15(24)13(22)12(21)14(23)16(17)25/h7-8H,6H2,1-5H3. The van der Waals surface area contributed by atoms with Crippen molar-refractivity contribution in [3.63, 3.8) is 0 Å². The Bertz CT molecular complexity index is 944. The van der Waals surface area contributed by atoms with Crippen LogP contribution in [0, 0.1) is 29.1 Å². The normalized spacial score (nSPS) is 18.2. The Labute approximate surface area is 169 Å². The average Bonchev–Trinajstić information content (AvgIpc) is 3.16. The Morgan fingerprint density at radius 1 is 0.931 bits per heavy atom. The average molecular weight is 431 g/mol. The Balaban J connectivity index is 2.03. The summed E-state index contributed by atoms with van der Waals surface area (Å²) in [4.78, 5) is 4.94. The highest BCUT2D eigenvalue weighted by Crippen LogP contribution is 2.37. The largest absolute Gasteiger partial charge is 0.496 e. The molecule has 29 heavy (non-hydrogen) atoms. The van der Waals surface area contributed by atoms with E-state index in [2.05, 4.69) is 4.99 Å². The van der Waals surface area contributed by atoms with Crippen LogP contribution in [0.2, 0.25) is 0 Å². The quantitative estimate of drug-likeness (QED) is 0.223. The fraction of sp³-hybridized carbons (Fsp3) is 0.421. The van der Waals surface area contributed by atoms with Gasteiger partial charge in [0.25, 0.3) is 0 Å². The highest BCUT2D eigenvalue weighted by atomic mass is 32.1. The molecule has 0 N–H and O–H groups in total. The summed E-state index contributed by atoms with van der Waals surface area (Å²) in [6, 6.07) is 1.83. The van der Waals surface area contributed by atoms with Crippen molar-refractivity contribution in [2.75, 3.05) is 0 Å². The lowest BCUT2D eigenvalue weighted by Gasteiger charge is -2.32. The first kappa shape index (κ1) is 21.9. The second-order valence-corrected chi connectivity index (χ2v) is 8.82. The zero-order chi connectivity index (χ0) is 21.7. The molecule has 0 bridgehead atoms. The van der Waals surface area contributed by atoms with E-state index >= 15 is 0 Å². The van der Waals surface area contributed by atoms with E-state index in [1.807, 2.05) is 40.7 Å². The van der Waals surface area contributed by atoms with Crippen LogP contribution in [0.1, 0.15) is 44.4 Å². The maximum atomic E-state index is 13.9. The Hall–Kier alpha value is -1.78. The summed E-state index contributed by atoms with van der Waals surface area (Å²) in [5, 5.41) is 0. The minimum atomic E-state index is -2.22. The maximum Gasteiger partial charge on any atom is 0.496 e. The van der Waals surface area contributed by atoms with E-state index in [9.17, 15) is 22.0 Å². The summed E-state index contributed by atoms with van der Waals surface area (Å²) in [6.07, 6.45) is 1.75. The van der Waals surface area contributed by atoms with Gasteiger partial charge in [0.1, 0.15) is 5.69 Å². The molecule has 0 spiro atoms. The van der Waals surface area contributed by atoms with Crippen molar-refractivity contribution < 1.29 is 31.3 Å². The van der Waals surface area contributed by atoms with Crippen LogP contribution in [0.5, 0.6) is 0 Å². The summed E-state index contributed by atoms with van der Waals surface area (Å²) in [5.41, 5.74) is -1.88. The molecule has 1 aliphatic rings. The van der Waals surface area contributed by atoms with Gasteiger partial charge in [-0.15, -0.1) is 11.3 Å². The van der Waals surface area contributed by atoms with Gasteiger partial charge in [0.2, 0.25) is 5.82 Å². The van der Waals surface area contributed by atoms with E-state index in [0.29, 0.717) is 16.8 Å². The van der Waals surface area contributed by atoms with Crippen molar-refractivity contribution in [2.45, 2.75) is 52.2 Å². The highest BCUT2D eigenvalue weighted by molar-refractivity contribution is 7.15. The van der Waals surface area contributed by atoms with Crippen LogP contribution in [-0.4, -0.2) is 24.5 Å². The number of aliphatic imine (C=N–C) groups is 1. The van der Waals surface area contributed by atoms with E-state index in [4.69, 9.17) is 9.31 Å². The second kappa shape index (κ2) is 7.48. The fourth-order valence-electron chi connectivity index (χ4n) is 2.73. The molecular formula is C19H19BF5NO2S. The van der Waals surface area contributed by atoms with Crippen LogP contribution in [0.3, 0.4) is 0 Å². The molecule has 0 radical (unpaired) electrons. The molecule has 0 saturated carbocycles. The first-order valence-electron chi connectivity index (χ1n) is 8.93. The predicted molar refractivity (Wildman–Crippen MR) is 103 cm³/mol. The molecule has 1 aliphatic heterocycles. The summed E-state index contributed by atoms with van der Waals surface area (Å²) in [5.74, 6) is -10.3. The molecule has 1 aromatic heterocycles. The van der Waals surface area contributed by atoms with Crippen molar-refractivity contribution in [1.29, 1.82) is 0 Å². The molecule has 0 atom stereocenters. The van der Waals surface area contributed by atoms with Crippen LogP contribution in [-0.2, 0) is 15.7 Å². The molecule has 0 unspecified atom stereocenters. The van der Waals surface area contributed by atoms with Gasteiger partial charge in [0.15, 0.2) is 23.3 Å². The Kier molecular flexibility index (Phi) is 5.66. The van der Waals surface area contributed by atoms with Crippen LogP contribution >= 0.6 is 11.3 Å². The number of aryl methyl sites for hydroxylation is 1. The van der Waals surface area contributed by atoms with Gasteiger partial charge in [-0.3, -0.25) is 0 Å². The van der Waals surface area contributed by atoms with Gasteiger partial charge in [0.05, 0.1) is 11.2 Å². The van der Waals surface area contributed by atoms with Gasteiger partial charge in [-0.1, -0.05) is 6.92 Å². The lowest BCUT2D eigenvalue weighted by Crippen LogP contribution is -2.41. The summed E-state index contributed by atoms with van der Waals surface area (Å²) >= 11 is 1.27. The van der Waals surface area contributed by atoms with Crippen molar-refractivity contribution in [1.82, 2.24) is 0 Å². The highest BCUT2D eigenvalue weighted by Gasteiger charge is 2.52. The monoisotopic (exact) mass is 431 g/mol. The van der Waals surface area contributed by atoms with E-state index in [1.165, 1.54) is 11.3 Å². The maximum absolute atomic E-state index is 13.9. The van der Waals surface area contributed by atoms with E-state index in [0.717, 1.165) is 11.1 Å². The van der Waals surface area contributed by atoms with Crippen molar-refractivity contribution >= 4 is 35.8 Å². The zero-order valence-corrected chi connectivity index (χ0v) is 17.3. The third kappa shape index (κ3) is 3.73. The first-order chi connectivity index (χ1) is 13.4. The fourth-order valence-corrected chi connectivity index (χ4v) is 3.72. The smallest absolute Gasteiger partial charge is 0.399 e. The summed E-state index contributed by atoms with van der Waals surface area (Å²) in [7, 11) is -0.755. The molecule has 3 rings (SSSR count). The third-order valence-electron chi connectivity index (χ3n) is 5.20. The molecule has 0 amide bonds. The molecule has 156 valence electrons. The zero-order valence-electron chi connectivity index (χ0n) is 16.5. The number of benzene rings is 1. The van der Waals surface area contributed by atoms with Crippen molar-refractivity contribution in [3.8, 4) is 0 Å². The van der Waals surface area contributed by atoms with Gasteiger partial charge in [-0.2, -0.15) is 0 Å². The van der Waals surface area contributed by atoms with Crippen LogP contribution < -0.4 is 5.46 Å². The SMILES string of the molecule is CCc1cc(B2OC(C)(C)C(C)(C)O2)c(C=Nc2c(F)c(F)c(F)c(F)c2F)s1. The molecule has 1 aromatic carbocycles. The lowest BCUT2D eigenvalue weighted by molar-refractivity contribution is 0.00578. The van der Waals surface area contributed by atoms with E-state index in [1.54, 1.807) is 0 Å². The Morgan fingerprint density at radius 3 is 1.90 bits per heavy atom. The van der Waals surface area contributed by atoms with Gasteiger partial charge in [0, 0.05) is 21.4 Å². The summed E-state index contributed by atoms with van der Waals surface area (Å²) < 4.78 is 79.9. The predicted octanol–water partition coefficient (Wildman–Crippen LogP) is 5.06. The molecule has 3 nitrogen and oxygen atoms in total. The van der Waals surface area contributed by atoms with Gasteiger partial charge in [-0.25, -0.2) is 26.9 Å². The van der Waals surface area contributed by atoms with Crippen LogP contribution in [0.25, 0.3) is 0 Å². The molecule has 10 heteroatoms. The summed E-state index contributed by atoms with van der Waals surface area (Å²) in [6.45, 7) is 9.43. The minimum Gasteiger partial charge on any atom is -0.399 e. The second-order valence-electron chi connectivity index (χ2n) is 7.65. The molecule has 2 heterocycles. The van der Waals surface area contributed by atoms with Crippen molar-refractivity contribution in [2.24, 2.45) is 4.99 Å². The molecule has 2 aromatic rings. The number of halogens is 5. The van der Waals surface area contributed by atoms with Crippen molar-refractivity contribution in [3.05, 3.63) is 44.9 Å². The number of rotatable bonds is 4. The van der Waals surface area contributed by atoms with E-state index < -0.39 is 53.1 Å². The number of thiophene rings is 1. The van der Waals surface area contributed by atoms with Gasteiger partial charge < -0.3 is 9.31 Å². The van der Waals surface area contributed by atoms with Crippen LogP contribution in [0.15, 0.2) is 11.1 Å². The lowest BCUT2D eigenvalue weighted by atomic mass is 9.79.